The number of rotatable bonds is 6. The summed E-state index contributed by atoms with van der Waals surface area (Å²) in [5, 5.41) is 7.14. The topological polar surface area (TPSA) is 101 Å². The number of nitrogens with one attached hydrogen (secondary N) is 1. The Bertz CT molecular complexity index is 852. The molecule has 7 heteroatoms. The van der Waals surface area contributed by atoms with Gasteiger partial charge in [0, 0.05) is 25.1 Å². The first-order valence-electron chi connectivity index (χ1n) is 10.4. The molecule has 0 radical (unpaired) electrons. The molecule has 1 unspecified atom stereocenters. The fourth-order valence-electron chi connectivity index (χ4n) is 4.05. The average Bonchev–Trinajstić information content (AvgIpc) is 3.48. The lowest BCUT2D eigenvalue weighted by molar-refractivity contribution is -0.133. The maximum absolute atomic E-state index is 12.9. The number of nitrogens with two attached hydrogens (primary N) is 1. The highest BCUT2D eigenvalue weighted by Gasteiger charge is 2.33. The van der Waals surface area contributed by atoms with E-state index in [-0.39, 0.29) is 23.8 Å². The van der Waals surface area contributed by atoms with Crippen LogP contribution in [0.1, 0.15) is 66.4 Å². The molecule has 154 valence electrons. The van der Waals surface area contributed by atoms with Gasteiger partial charge in [-0.15, -0.1) is 0 Å². The summed E-state index contributed by atoms with van der Waals surface area (Å²) in [6.07, 6.45) is 3.82. The van der Waals surface area contributed by atoms with Gasteiger partial charge in [0.15, 0.2) is 5.69 Å². The van der Waals surface area contributed by atoms with Gasteiger partial charge < -0.3 is 20.5 Å². The standard InChI is InChI=1S/C22H28N4O3/c1-14(23)22(28)26-11-9-17(10-12-26)20(16-5-3-2-4-6-16)24-21(27)18-13-19(29-25-18)15-7-8-15/h2-6,13-15,17,20H,7-12,23H2,1H3,(H,24,27)/t14-,20?/m1/s1. The van der Waals surface area contributed by atoms with Gasteiger partial charge in [-0.1, -0.05) is 35.5 Å². The van der Waals surface area contributed by atoms with Crippen molar-refractivity contribution < 1.29 is 14.1 Å². The van der Waals surface area contributed by atoms with E-state index in [1.807, 2.05) is 35.2 Å². The lowest BCUT2D eigenvalue weighted by Crippen LogP contribution is -2.47. The molecule has 1 aromatic carbocycles. The van der Waals surface area contributed by atoms with Gasteiger partial charge in [-0.25, -0.2) is 0 Å². The number of aromatic nitrogens is 1. The van der Waals surface area contributed by atoms with E-state index in [0.29, 0.717) is 24.7 Å². The van der Waals surface area contributed by atoms with Crippen LogP contribution in [0.4, 0.5) is 0 Å². The molecule has 2 fully saturated rings. The van der Waals surface area contributed by atoms with E-state index < -0.39 is 6.04 Å². The van der Waals surface area contributed by atoms with Crippen LogP contribution in [0.3, 0.4) is 0 Å². The Morgan fingerprint density at radius 1 is 1.17 bits per heavy atom. The number of nitrogens with zero attached hydrogens (tertiary/aromatic N) is 2. The van der Waals surface area contributed by atoms with Crippen LogP contribution in [-0.4, -0.2) is 41.0 Å². The maximum atomic E-state index is 12.9. The number of amides is 2. The number of carbonyl (C=O) groups is 2. The van der Waals surface area contributed by atoms with Gasteiger partial charge in [-0.2, -0.15) is 0 Å². The monoisotopic (exact) mass is 396 g/mol. The second-order valence-corrected chi connectivity index (χ2v) is 8.20. The van der Waals surface area contributed by atoms with E-state index in [9.17, 15) is 9.59 Å². The summed E-state index contributed by atoms with van der Waals surface area (Å²) < 4.78 is 5.34. The summed E-state index contributed by atoms with van der Waals surface area (Å²) in [5.41, 5.74) is 7.14. The summed E-state index contributed by atoms with van der Waals surface area (Å²) >= 11 is 0. The molecule has 7 nitrogen and oxygen atoms in total. The predicted molar refractivity (Wildman–Crippen MR) is 108 cm³/mol. The third-order valence-corrected chi connectivity index (χ3v) is 5.90. The molecular formula is C22H28N4O3. The SMILES string of the molecule is C[C@@H](N)C(=O)N1CCC(C(NC(=O)c2cc(C3CC3)on2)c2ccccc2)CC1. The van der Waals surface area contributed by atoms with Crippen LogP contribution in [0.5, 0.6) is 0 Å². The molecule has 2 heterocycles. The lowest BCUT2D eigenvalue weighted by Gasteiger charge is -2.37. The third-order valence-electron chi connectivity index (χ3n) is 5.90. The third kappa shape index (κ3) is 4.50. The van der Waals surface area contributed by atoms with Crippen LogP contribution < -0.4 is 11.1 Å². The fourth-order valence-corrected chi connectivity index (χ4v) is 4.05. The molecule has 1 aliphatic heterocycles. The van der Waals surface area contributed by atoms with E-state index in [1.54, 1.807) is 13.0 Å². The van der Waals surface area contributed by atoms with Crippen molar-refractivity contribution in [1.82, 2.24) is 15.4 Å². The Morgan fingerprint density at radius 3 is 2.48 bits per heavy atom. The first-order chi connectivity index (χ1) is 14.0. The quantitative estimate of drug-likeness (QED) is 0.782. The second kappa shape index (κ2) is 8.37. The van der Waals surface area contributed by atoms with Crippen molar-refractivity contribution in [3.8, 4) is 0 Å². The number of benzene rings is 1. The largest absolute Gasteiger partial charge is 0.360 e. The van der Waals surface area contributed by atoms with Gasteiger partial charge in [0.2, 0.25) is 5.91 Å². The fraction of sp³-hybridized carbons (Fsp3) is 0.500. The Morgan fingerprint density at radius 2 is 1.86 bits per heavy atom. The molecule has 2 amide bonds. The molecule has 0 spiro atoms. The zero-order valence-electron chi connectivity index (χ0n) is 16.7. The maximum Gasteiger partial charge on any atom is 0.273 e. The predicted octanol–water partition coefficient (Wildman–Crippen LogP) is 2.61. The second-order valence-electron chi connectivity index (χ2n) is 8.20. The van der Waals surface area contributed by atoms with Crippen LogP contribution in [0, 0.1) is 5.92 Å². The number of hydrogen-bond donors (Lipinski definition) is 2. The molecular weight excluding hydrogens is 368 g/mol. The van der Waals surface area contributed by atoms with E-state index in [4.69, 9.17) is 10.3 Å². The zero-order chi connectivity index (χ0) is 20.4. The summed E-state index contributed by atoms with van der Waals surface area (Å²) in [7, 11) is 0. The smallest absolute Gasteiger partial charge is 0.273 e. The van der Waals surface area contributed by atoms with Crippen molar-refractivity contribution in [2.75, 3.05) is 13.1 Å². The van der Waals surface area contributed by atoms with Crippen molar-refractivity contribution in [1.29, 1.82) is 0 Å². The van der Waals surface area contributed by atoms with E-state index in [1.165, 1.54) is 0 Å². The number of piperidine rings is 1. The lowest BCUT2D eigenvalue weighted by atomic mass is 9.85. The molecule has 1 aromatic heterocycles. The van der Waals surface area contributed by atoms with Crippen LogP contribution in [0.15, 0.2) is 40.9 Å². The minimum absolute atomic E-state index is 0.0149. The molecule has 2 aromatic rings. The zero-order valence-corrected chi connectivity index (χ0v) is 16.7. The number of likely N-dealkylation sites (tertiary alicyclic amines) is 1. The summed E-state index contributed by atoms with van der Waals surface area (Å²) in [5.74, 6) is 1.21. The van der Waals surface area contributed by atoms with Gasteiger partial charge in [-0.05, 0) is 44.1 Å². The van der Waals surface area contributed by atoms with Crippen molar-refractivity contribution in [3.63, 3.8) is 0 Å². The molecule has 1 aliphatic carbocycles. The van der Waals surface area contributed by atoms with E-state index in [2.05, 4.69) is 10.5 Å². The Labute approximate surface area is 170 Å². The highest BCUT2D eigenvalue weighted by atomic mass is 16.5. The molecule has 4 rings (SSSR count). The average molecular weight is 396 g/mol. The van der Waals surface area contributed by atoms with Crippen molar-refractivity contribution in [2.24, 2.45) is 11.7 Å². The molecule has 1 saturated heterocycles. The molecule has 2 aliphatic rings. The first kappa shape index (κ1) is 19.6. The molecule has 2 atom stereocenters. The Balaban J connectivity index is 1.47. The highest BCUT2D eigenvalue weighted by molar-refractivity contribution is 5.92. The highest BCUT2D eigenvalue weighted by Crippen LogP contribution is 2.40. The van der Waals surface area contributed by atoms with Crippen LogP contribution in [0.25, 0.3) is 0 Å². The molecule has 1 saturated carbocycles. The Hall–Kier alpha value is -2.67. The molecule has 3 N–H and O–H groups in total. The Kier molecular flexibility index (Phi) is 5.67. The molecule has 0 bridgehead atoms. The number of hydrogen-bond acceptors (Lipinski definition) is 5. The summed E-state index contributed by atoms with van der Waals surface area (Å²) in [6, 6.07) is 11.1. The minimum Gasteiger partial charge on any atom is -0.360 e. The van der Waals surface area contributed by atoms with Crippen LogP contribution in [0.2, 0.25) is 0 Å². The van der Waals surface area contributed by atoms with Crippen molar-refractivity contribution in [2.45, 2.75) is 50.6 Å². The first-order valence-corrected chi connectivity index (χ1v) is 10.4. The van der Waals surface area contributed by atoms with E-state index in [0.717, 1.165) is 37.0 Å². The van der Waals surface area contributed by atoms with Gasteiger partial charge in [0.1, 0.15) is 5.76 Å². The molecule has 29 heavy (non-hydrogen) atoms. The normalized spacial score (nSPS) is 19.6. The summed E-state index contributed by atoms with van der Waals surface area (Å²) in [6.45, 7) is 3.02. The van der Waals surface area contributed by atoms with Gasteiger partial charge in [-0.3, -0.25) is 9.59 Å². The van der Waals surface area contributed by atoms with Crippen LogP contribution in [-0.2, 0) is 4.79 Å². The van der Waals surface area contributed by atoms with Gasteiger partial charge >= 0.3 is 0 Å². The van der Waals surface area contributed by atoms with Crippen molar-refractivity contribution in [3.05, 3.63) is 53.4 Å². The van der Waals surface area contributed by atoms with Gasteiger partial charge in [0.05, 0.1) is 12.1 Å². The minimum atomic E-state index is -0.482. The van der Waals surface area contributed by atoms with Crippen molar-refractivity contribution >= 4 is 11.8 Å². The van der Waals surface area contributed by atoms with Gasteiger partial charge in [0.25, 0.3) is 5.91 Å². The summed E-state index contributed by atoms with van der Waals surface area (Å²) in [4.78, 5) is 26.9. The number of carbonyl (C=O) groups excluding carboxylic acids is 2. The van der Waals surface area contributed by atoms with Crippen LogP contribution >= 0.6 is 0 Å². The van der Waals surface area contributed by atoms with E-state index >= 15 is 0 Å².